The first-order valence-electron chi connectivity index (χ1n) is 9.22. The van der Waals surface area contributed by atoms with Crippen LogP contribution in [0.4, 0.5) is 4.79 Å². The number of aryl methyl sites for hydroxylation is 2. The van der Waals surface area contributed by atoms with E-state index >= 15 is 0 Å². The zero-order valence-corrected chi connectivity index (χ0v) is 17.0. The number of rotatable bonds is 6. The molecule has 0 saturated carbocycles. The average Bonchev–Trinajstić information content (AvgIpc) is 2.60. The van der Waals surface area contributed by atoms with Crippen LogP contribution in [0.1, 0.15) is 24.5 Å². The van der Waals surface area contributed by atoms with Gasteiger partial charge in [0.1, 0.15) is 0 Å². The largest absolute Gasteiger partial charge is 0.338 e. The van der Waals surface area contributed by atoms with Crippen LogP contribution < -0.4 is 15.5 Å². The highest BCUT2D eigenvalue weighted by Gasteiger charge is 2.32. The summed E-state index contributed by atoms with van der Waals surface area (Å²) in [5.41, 5.74) is 1.76. The third-order valence-corrected chi connectivity index (χ3v) is 6.64. The summed E-state index contributed by atoms with van der Waals surface area (Å²) < 4.78 is 27.2. The lowest BCUT2D eigenvalue weighted by molar-refractivity contribution is -0.895. The quantitative estimate of drug-likeness (QED) is 0.598. The molecule has 0 unspecified atom stereocenters. The zero-order valence-electron chi connectivity index (χ0n) is 16.2. The number of hydrogen-bond acceptors (Lipinski definition) is 4. The van der Waals surface area contributed by atoms with Crippen molar-refractivity contribution < 1.29 is 22.9 Å². The number of piperazine rings is 1. The SMILES string of the molecule is CCCNC(=O)NC(=O)C[NH+]1CCN(S(=O)(=O)c2ccc(C)cc2C)CC1. The second-order valence-electron chi connectivity index (χ2n) is 6.90. The summed E-state index contributed by atoms with van der Waals surface area (Å²) in [6.45, 7) is 8.06. The van der Waals surface area contributed by atoms with Gasteiger partial charge in [0, 0.05) is 6.54 Å². The Bertz CT molecular complexity index is 787. The summed E-state index contributed by atoms with van der Waals surface area (Å²) in [6, 6.07) is 4.83. The summed E-state index contributed by atoms with van der Waals surface area (Å²) in [5.74, 6) is -0.357. The maximum atomic E-state index is 12.9. The highest BCUT2D eigenvalue weighted by Crippen LogP contribution is 2.20. The van der Waals surface area contributed by atoms with Gasteiger partial charge >= 0.3 is 6.03 Å². The van der Waals surface area contributed by atoms with E-state index in [1.165, 1.54) is 4.31 Å². The van der Waals surface area contributed by atoms with Crippen molar-refractivity contribution in [3.8, 4) is 0 Å². The van der Waals surface area contributed by atoms with E-state index in [0.717, 1.165) is 22.4 Å². The third kappa shape index (κ3) is 5.75. The van der Waals surface area contributed by atoms with Crippen LogP contribution in [-0.2, 0) is 14.8 Å². The number of quaternary nitrogens is 1. The Hall–Kier alpha value is -1.97. The molecule has 9 heteroatoms. The molecule has 0 spiro atoms. The van der Waals surface area contributed by atoms with Crippen LogP contribution in [-0.4, -0.2) is 63.9 Å². The van der Waals surface area contributed by atoms with Crippen LogP contribution in [0.15, 0.2) is 23.1 Å². The first-order chi connectivity index (χ1) is 12.7. The minimum atomic E-state index is -3.54. The first-order valence-corrected chi connectivity index (χ1v) is 10.7. The minimum absolute atomic E-state index is 0.150. The van der Waals surface area contributed by atoms with Crippen LogP contribution in [0, 0.1) is 13.8 Å². The minimum Gasteiger partial charge on any atom is -0.338 e. The van der Waals surface area contributed by atoms with Gasteiger partial charge in [-0.1, -0.05) is 24.6 Å². The lowest BCUT2D eigenvalue weighted by Gasteiger charge is -2.31. The van der Waals surface area contributed by atoms with Crippen LogP contribution in [0.5, 0.6) is 0 Å². The fraction of sp³-hybridized carbons (Fsp3) is 0.556. The molecule has 1 aromatic rings. The number of hydrogen-bond donors (Lipinski definition) is 3. The highest BCUT2D eigenvalue weighted by atomic mass is 32.2. The summed E-state index contributed by atoms with van der Waals surface area (Å²) in [6.07, 6.45) is 0.795. The van der Waals surface area contributed by atoms with Crippen LogP contribution in [0.3, 0.4) is 0 Å². The van der Waals surface area contributed by atoms with Gasteiger partial charge in [-0.15, -0.1) is 0 Å². The maximum Gasteiger partial charge on any atom is 0.321 e. The third-order valence-electron chi connectivity index (χ3n) is 4.58. The molecule has 0 atom stereocenters. The number of nitrogens with one attached hydrogen (secondary N) is 3. The van der Waals surface area contributed by atoms with Crippen LogP contribution >= 0.6 is 0 Å². The molecular weight excluding hydrogens is 368 g/mol. The molecule has 1 aliphatic rings. The number of benzene rings is 1. The van der Waals surface area contributed by atoms with Gasteiger partial charge in [-0.05, 0) is 31.9 Å². The monoisotopic (exact) mass is 397 g/mol. The molecule has 0 radical (unpaired) electrons. The predicted molar refractivity (Wildman–Crippen MR) is 102 cm³/mol. The van der Waals surface area contributed by atoms with Crippen molar-refractivity contribution in [1.82, 2.24) is 14.9 Å². The Morgan fingerprint density at radius 1 is 1.19 bits per heavy atom. The van der Waals surface area contributed by atoms with Crippen molar-refractivity contribution in [1.29, 1.82) is 0 Å². The van der Waals surface area contributed by atoms with E-state index in [1.807, 2.05) is 19.9 Å². The Morgan fingerprint density at radius 3 is 2.44 bits per heavy atom. The summed E-state index contributed by atoms with van der Waals surface area (Å²) in [7, 11) is -3.54. The molecule has 27 heavy (non-hydrogen) atoms. The number of imide groups is 1. The first kappa shape index (κ1) is 21.3. The Kier molecular flexibility index (Phi) is 7.34. The van der Waals surface area contributed by atoms with Gasteiger partial charge in [-0.3, -0.25) is 10.1 Å². The number of nitrogens with zero attached hydrogens (tertiary/aromatic N) is 1. The molecular formula is C18H29N4O4S+. The molecule has 0 aliphatic carbocycles. The van der Waals surface area contributed by atoms with E-state index < -0.39 is 16.1 Å². The number of carbonyl (C=O) groups excluding carboxylic acids is 2. The topological polar surface area (TPSA) is 100 Å². The molecule has 150 valence electrons. The number of amides is 3. The second kappa shape index (κ2) is 9.29. The molecule has 1 aromatic carbocycles. The van der Waals surface area contributed by atoms with Gasteiger partial charge < -0.3 is 10.2 Å². The fourth-order valence-corrected chi connectivity index (χ4v) is 4.78. The standard InChI is InChI=1S/C18H28N4O4S/c1-4-7-19-18(24)20-17(23)13-21-8-10-22(11-9-21)27(25,26)16-6-5-14(2)12-15(16)3/h5-6,12H,4,7-11,13H2,1-3H3,(H2,19,20,23,24)/p+1. The molecule has 0 bridgehead atoms. The Labute approximate surface area is 161 Å². The van der Waals surface area contributed by atoms with E-state index in [1.54, 1.807) is 19.1 Å². The van der Waals surface area contributed by atoms with Gasteiger partial charge in [-0.2, -0.15) is 4.31 Å². The fourth-order valence-electron chi connectivity index (χ4n) is 3.13. The van der Waals surface area contributed by atoms with E-state index in [9.17, 15) is 18.0 Å². The van der Waals surface area contributed by atoms with Crippen LogP contribution in [0.25, 0.3) is 0 Å². The molecule has 2 rings (SSSR count). The van der Waals surface area contributed by atoms with E-state index in [-0.39, 0.29) is 12.5 Å². The van der Waals surface area contributed by atoms with Gasteiger partial charge in [0.2, 0.25) is 10.0 Å². The number of urea groups is 1. The van der Waals surface area contributed by atoms with Crippen molar-refractivity contribution >= 4 is 22.0 Å². The second-order valence-corrected chi connectivity index (χ2v) is 8.81. The van der Waals surface area contributed by atoms with Crippen molar-refractivity contribution in [3.63, 3.8) is 0 Å². The molecule has 8 nitrogen and oxygen atoms in total. The molecule has 3 N–H and O–H groups in total. The zero-order chi connectivity index (χ0) is 20.0. The predicted octanol–water partition coefficient (Wildman–Crippen LogP) is -0.572. The summed E-state index contributed by atoms with van der Waals surface area (Å²) in [4.78, 5) is 24.7. The lowest BCUT2D eigenvalue weighted by Crippen LogP contribution is -3.15. The number of carbonyl (C=O) groups is 2. The Morgan fingerprint density at radius 2 is 1.85 bits per heavy atom. The van der Waals surface area contributed by atoms with Gasteiger partial charge in [0.05, 0.1) is 31.1 Å². The van der Waals surface area contributed by atoms with E-state index in [2.05, 4.69) is 10.6 Å². The highest BCUT2D eigenvalue weighted by molar-refractivity contribution is 7.89. The van der Waals surface area contributed by atoms with Gasteiger partial charge in [0.15, 0.2) is 6.54 Å². The van der Waals surface area contributed by atoms with E-state index in [4.69, 9.17) is 0 Å². The smallest absolute Gasteiger partial charge is 0.321 e. The molecule has 1 aliphatic heterocycles. The normalized spacial score (nSPS) is 16.1. The molecule has 1 fully saturated rings. The number of sulfonamides is 1. The maximum absolute atomic E-state index is 12.9. The summed E-state index contributed by atoms with van der Waals surface area (Å²) in [5, 5.41) is 4.89. The van der Waals surface area contributed by atoms with Gasteiger partial charge in [-0.25, -0.2) is 13.2 Å². The van der Waals surface area contributed by atoms with Crippen molar-refractivity contribution in [2.24, 2.45) is 0 Å². The lowest BCUT2D eigenvalue weighted by atomic mass is 10.2. The molecule has 1 heterocycles. The summed E-state index contributed by atoms with van der Waals surface area (Å²) >= 11 is 0. The Balaban J connectivity index is 1.89. The van der Waals surface area contributed by atoms with Gasteiger partial charge in [0.25, 0.3) is 5.91 Å². The van der Waals surface area contributed by atoms with Crippen molar-refractivity contribution in [3.05, 3.63) is 29.3 Å². The average molecular weight is 398 g/mol. The molecule has 1 saturated heterocycles. The molecule has 0 aromatic heterocycles. The molecule has 3 amide bonds. The van der Waals surface area contributed by atoms with E-state index in [0.29, 0.717) is 37.6 Å². The van der Waals surface area contributed by atoms with Crippen molar-refractivity contribution in [2.45, 2.75) is 32.1 Å². The van der Waals surface area contributed by atoms with Crippen molar-refractivity contribution in [2.75, 3.05) is 39.3 Å². The van der Waals surface area contributed by atoms with Crippen LogP contribution in [0.2, 0.25) is 0 Å².